The lowest BCUT2D eigenvalue weighted by Crippen LogP contribution is -2.30. The number of hydrogen-bond acceptors (Lipinski definition) is 8. The fourth-order valence-electron chi connectivity index (χ4n) is 2.58. The molecule has 9 nitrogen and oxygen atoms in total. The summed E-state index contributed by atoms with van der Waals surface area (Å²) in [5.74, 6) is -1.01. The van der Waals surface area contributed by atoms with Crippen LogP contribution in [0.3, 0.4) is 0 Å². The van der Waals surface area contributed by atoms with Crippen molar-refractivity contribution in [2.45, 2.75) is 37.8 Å². The highest BCUT2D eigenvalue weighted by Crippen LogP contribution is 2.31. The van der Waals surface area contributed by atoms with Gasteiger partial charge in [0.25, 0.3) is 0 Å². The molecule has 0 bridgehead atoms. The average molecular weight is 345 g/mol. The number of aromatic nitrogens is 2. The number of anilines is 1. The van der Waals surface area contributed by atoms with Crippen LogP contribution in [0.2, 0.25) is 5.28 Å². The minimum Gasteiger partial charge on any atom is -0.464 e. The molecule has 1 heterocycles. The first-order valence-corrected chi connectivity index (χ1v) is 7.43. The van der Waals surface area contributed by atoms with Crippen molar-refractivity contribution in [2.24, 2.45) is 0 Å². The van der Waals surface area contributed by atoms with Gasteiger partial charge in [0.05, 0.1) is 18.1 Å². The molecule has 1 aliphatic carbocycles. The first-order valence-electron chi connectivity index (χ1n) is 7.05. The molecule has 0 spiro atoms. The predicted molar refractivity (Wildman–Crippen MR) is 81.7 cm³/mol. The van der Waals surface area contributed by atoms with Crippen LogP contribution in [0.5, 0.6) is 0 Å². The lowest BCUT2D eigenvalue weighted by atomic mass is 9.93. The lowest BCUT2D eigenvalue weighted by molar-refractivity contribution is -0.384. The van der Waals surface area contributed by atoms with Crippen LogP contribution >= 0.6 is 11.6 Å². The summed E-state index contributed by atoms with van der Waals surface area (Å²) in [7, 11) is 2.78. The van der Waals surface area contributed by atoms with E-state index in [2.05, 4.69) is 20.0 Å². The summed E-state index contributed by atoms with van der Waals surface area (Å²) in [6.07, 6.45) is 3.41. The van der Waals surface area contributed by atoms with Gasteiger partial charge in [-0.25, -0.2) is 9.78 Å². The second-order valence-electron chi connectivity index (χ2n) is 5.14. The number of esters is 1. The Hall–Kier alpha value is -2.00. The normalized spacial score (nSPS) is 20.8. The van der Waals surface area contributed by atoms with E-state index in [0.29, 0.717) is 0 Å². The van der Waals surface area contributed by atoms with Crippen molar-refractivity contribution in [1.82, 2.24) is 9.97 Å². The van der Waals surface area contributed by atoms with Crippen molar-refractivity contribution in [3.8, 4) is 0 Å². The molecule has 0 unspecified atom stereocenters. The fourth-order valence-corrected chi connectivity index (χ4v) is 2.75. The standard InChI is InChI=1S/C13H17ClN4O5/c1-22-8-5-3-7(4-6-8)15-11-10(18(20)21)9(12(19)23-2)16-13(14)17-11/h7-8H,3-6H2,1-2H3,(H,15,16,17). The molecule has 10 heteroatoms. The largest absolute Gasteiger partial charge is 0.464 e. The smallest absolute Gasteiger partial charge is 0.364 e. The van der Waals surface area contributed by atoms with Crippen LogP contribution in [0.25, 0.3) is 0 Å². The Labute approximate surface area is 137 Å². The number of carbonyl (C=O) groups is 1. The van der Waals surface area contributed by atoms with E-state index in [9.17, 15) is 14.9 Å². The van der Waals surface area contributed by atoms with Crippen LogP contribution in [0.1, 0.15) is 36.2 Å². The van der Waals surface area contributed by atoms with E-state index in [-0.39, 0.29) is 23.2 Å². The fraction of sp³-hybridized carbons (Fsp3) is 0.615. The van der Waals surface area contributed by atoms with Crippen LogP contribution in [0, 0.1) is 10.1 Å². The number of halogens is 1. The monoisotopic (exact) mass is 344 g/mol. The second-order valence-corrected chi connectivity index (χ2v) is 5.48. The number of nitrogens with one attached hydrogen (secondary N) is 1. The molecule has 0 radical (unpaired) electrons. The first kappa shape index (κ1) is 17.4. The van der Waals surface area contributed by atoms with E-state index in [1.807, 2.05) is 0 Å². The van der Waals surface area contributed by atoms with Gasteiger partial charge in [-0.05, 0) is 37.3 Å². The molecule has 1 aromatic heterocycles. The Morgan fingerprint density at radius 3 is 2.48 bits per heavy atom. The van der Waals surface area contributed by atoms with Crippen LogP contribution < -0.4 is 5.32 Å². The predicted octanol–water partition coefficient (Wildman–Crippen LogP) is 2.19. The Kier molecular flexibility index (Phi) is 5.67. The first-order chi connectivity index (χ1) is 11.0. The van der Waals surface area contributed by atoms with Gasteiger partial charge in [-0.1, -0.05) is 0 Å². The molecule has 1 aliphatic rings. The Balaban J connectivity index is 2.29. The maximum Gasteiger partial charge on any atom is 0.364 e. The summed E-state index contributed by atoms with van der Waals surface area (Å²) >= 11 is 5.78. The number of rotatable bonds is 5. The zero-order chi connectivity index (χ0) is 17.0. The van der Waals surface area contributed by atoms with E-state index < -0.39 is 22.3 Å². The SMILES string of the molecule is COC(=O)c1nc(Cl)nc(NC2CCC(OC)CC2)c1[N+](=O)[O-]. The average Bonchev–Trinajstić information content (AvgIpc) is 2.53. The maximum absolute atomic E-state index is 11.7. The number of hydrogen-bond donors (Lipinski definition) is 1. The summed E-state index contributed by atoms with van der Waals surface area (Å²) in [5.41, 5.74) is -0.999. The van der Waals surface area contributed by atoms with Crippen LogP contribution in [-0.2, 0) is 9.47 Å². The number of methoxy groups -OCH3 is 2. The molecular formula is C13H17ClN4O5. The molecule has 1 aromatic rings. The molecular weight excluding hydrogens is 328 g/mol. The highest BCUT2D eigenvalue weighted by molar-refractivity contribution is 6.28. The molecule has 0 amide bonds. The van der Waals surface area contributed by atoms with Crippen molar-refractivity contribution >= 4 is 29.1 Å². The van der Waals surface area contributed by atoms with E-state index >= 15 is 0 Å². The van der Waals surface area contributed by atoms with E-state index in [1.165, 1.54) is 0 Å². The molecule has 0 saturated heterocycles. The van der Waals surface area contributed by atoms with Crippen LogP contribution in [-0.4, -0.2) is 47.2 Å². The molecule has 126 valence electrons. The van der Waals surface area contributed by atoms with Gasteiger partial charge in [0.2, 0.25) is 16.8 Å². The zero-order valence-corrected chi connectivity index (χ0v) is 13.5. The van der Waals surface area contributed by atoms with Gasteiger partial charge < -0.3 is 14.8 Å². The van der Waals surface area contributed by atoms with Gasteiger partial charge in [-0.15, -0.1) is 0 Å². The molecule has 23 heavy (non-hydrogen) atoms. The summed E-state index contributed by atoms with van der Waals surface area (Å²) in [4.78, 5) is 29.8. The molecule has 1 fully saturated rings. The molecule has 0 atom stereocenters. The summed E-state index contributed by atoms with van der Waals surface area (Å²) in [5, 5.41) is 14.1. The van der Waals surface area contributed by atoms with Gasteiger partial charge in [0, 0.05) is 13.2 Å². The van der Waals surface area contributed by atoms with Crippen LogP contribution in [0.4, 0.5) is 11.5 Å². The van der Waals surface area contributed by atoms with Gasteiger partial charge in [-0.2, -0.15) is 4.98 Å². The highest BCUT2D eigenvalue weighted by Gasteiger charge is 2.32. The Morgan fingerprint density at radius 2 is 1.96 bits per heavy atom. The summed E-state index contributed by atoms with van der Waals surface area (Å²) in [6, 6.07) is -0.0171. The van der Waals surface area contributed by atoms with E-state index in [1.54, 1.807) is 7.11 Å². The van der Waals surface area contributed by atoms with Gasteiger partial charge >= 0.3 is 11.7 Å². The summed E-state index contributed by atoms with van der Waals surface area (Å²) < 4.78 is 9.81. The lowest BCUT2D eigenvalue weighted by Gasteiger charge is -2.28. The maximum atomic E-state index is 11.7. The topological polar surface area (TPSA) is 116 Å². The third-order valence-electron chi connectivity index (χ3n) is 3.77. The molecule has 2 rings (SSSR count). The van der Waals surface area contributed by atoms with Crippen molar-refractivity contribution in [2.75, 3.05) is 19.5 Å². The van der Waals surface area contributed by atoms with E-state index in [0.717, 1.165) is 32.8 Å². The molecule has 1 saturated carbocycles. The number of ether oxygens (including phenoxy) is 2. The second kappa shape index (κ2) is 7.51. The van der Waals surface area contributed by atoms with Crippen molar-refractivity contribution in [3.63, 3.8) is 0 Å². The molecule has 0 aliphatic heterocycles. The van der Waals surface area contributed by atoms with E-state index in [4.69, 9.17) is 16.3 Å². The van der Waals surface area contributed by atoms with Crippen molar-refractivity contribution in [1.29, 1.82) is 0 Å². The van der Waals surface area contributed by atoms with Gasteiger partial charge in [-0.3, -0.25) is 10.1 Å². The quantitative estimate of drug-likeness (QED) is 0.374. The molecule has 1 N–H and O–H groups in total. The third-order valence-corrected chi connectivity index (χ3v) is 3.94. The van der Waals surface area contributed by atoms with Gasteiger partial charge in [0.1, 0.15) is 0 Å². The number of carbonyl (C=O) groups excluding carboxylic acids is 1. The number of nitrogens with zero attached hydrogens (tertiary/aromatic N) is 3. The minimum atomic E-state index is -0.938. The van der Waals surface area contributed by atoms with Crippen molar-refractivity contribution in [3.05, 3.63) is 21.1 Å². The highest BCUT2D eigenvalue weighted by atomic mass is 35.5. The Bertz CT molecular complexity index is 604. The molecule has 0 aromatic carbocycles. The third kappa shape index (κ3) is 4.05. The Morgan fingerprint density at radius 1 is 1.30 bits per heavy atom. The zero-order valence-electron chi connectivity index (χ0n) is 12.7. The summed E-state index contributed by atoms with van der Waals surface area (Å²) in [6.45, 7) is 0. The van der Waals surface area contributed by atoms with Gasteiger partial charge in [0.15, 0.2) is 0 Å². The van der Waals surface area contributed by atoms with Crippen molar-refractivity contribution < 1.29 is 19.2 Å². The van der Waals surface area contributed by atoms with Crippen LogP contribution in [0.15, 0.2) is 0 Å². The number of nitro groups is 1. The minimum absolute atomic E-state index is 0.0171.